The number of aryl methyl sites for hydroxylation is 1. The SMILES string of the molecule is Cc1ccc(OCC(=O)NCC(F)(F)F)c(CN)c1. The van der Waals surface area contributed by atoms with Gasteiger partial charge in [-0.05, 0) is 13.0 Å². The van der Waals surface area contributed by atoms with Crippen molar-refractivity contribution in [2.45, 2.75) is 19.6 Å². The van der Waals surface area contributed by atoms with Gasteiger partial charge in [0, 0.05) is 12.1 Å². The monoisotopic (exact) mass is 276 g/mol. The van der Waals surface area contributed by atoms with Gasteiger partial charge in [-0.3, -0.25) is 4.79 Å². The van der Waals surface area contributed by atoms with Crippen LogP contribution in [0.3, 0.4) is 0 Å². The fourth-order valence-corrected chi connectivity index (χ4v) is 1.40. The van der Waals surface area contributed by atoms with Gasteiger partial charge in [-0.25, -0.2) is 0 Å². The Morgan fingerprint density at radius 2 is 2.11 bits per heavy atom. The van der Waals surface area contributed by atoms with E-state index < -0.39 is 25.2 Å². The third-order valence-electron chi connectivity index (χ3n) is 2.28. The Kier molecular flexibility index (Phi) is 5.17. The van der Waals surface area contributed by atoms with Crippen molar-refractivity contribution in [2.24, 2.45) is 5.73 Å². The van der Waals surface area contributed by atoms with E-state index in [-0.39, 0.29) is 6.54 Å². The number of nitrogens with one attached hydrogen (secondary N) is 1. The zero-order chi connectivity index (χ0) is 14.5. The summed E-state index contributed by atoms with van der Waals surface area (Å²) in [6.07, 6.45) is -4.43. The van der Waals surface area contributed by atoms with E-state index in [0.717, 1.165) is 5.56 Å². The summed E-state index contributed by atoms with van der Waals surface area (Å²) < 4.78 is 40.8. The van der Waals surface area contributed by atoms with Gasteiger partial charge in [-0.15, -0.1) is 0 Å². The molecular weight excluding hydrogens is 261 g/mol. The maximum Gasteiger partial charge on any atom is 0.405 e. The molecule has 1 rings (SSSR count). The molecule has 0 bridgehead atoms. The Labute approximate surface area is 108 Å². The summed E-state index contributed by atoms with van der Waals surface area (Å²) in [5.41, 5.74) is 7.19. The number of halogens is 3. The summed E-state index contributed by atoms with van der Waals surface area (Å²) in [5.74, 6) is -0.434. The maximum atomic E-state index is 11.9. The van der Waals surface area contributed by atoms with E-state index in [2.05, 4.69) is 0 Å². The molecule has 0 saturated heterocycles. The van der Waals surface area contributed by atoms with Crippen LogP contribution in [0.4, 0.5) is 13.2 Å². The number of amides is 1. The minimum atomic E-state index is -4.43. The predicted octanol–water partition coefficient (Wildman–Crippen LogP) is 1.51. The number of hydrogen-bond acceptors (Lipinski definition) is 3. The van der Waals surface area contributed by atoms with Crippen LogP contribution < -0.4 is 15.8 Å². The van der Waals surface area contributed by atoms with Crippen LogP contribution in [0, 0.1) is 6.92 Å². The number of nitrogens with two attached hydrogens (primary N) is 1. The zero-order valence-electron chi connectivity index (χ0n) is 10.4. The molecule has 7 heteroatoms. The van der Waals surface area contributed by atoms with Crippen molar-refractivity contribution >= 4 is 5.91 Å². The van der Waals surface area contributed by atoms with Crippen LogP contribution in [-0.2, 0) is 11.3 Å². The molecule has 19 heavy (non-hydrogen) atoms. The molecule has 106 valence electrons. The highest BCUT2D eigenvalue weighted by Gasteiger charge is 2.27. The van der Waals surface area contributed by atoms with E-state index in [9.17, 15) is 18.0 Å². The van der Waals surface area contributed by atoms with Gasteiger partial charge in [0.25, 0.3) is 5.91 Å². The first kappa shape index (κ1) is 15.3. The first-order valence-corrected chi connectivity index (χ1v) is 5.57. The molecule has 1 aromatic rings. The molecule has 0 aliphatic rings. The number of benzene rings is 1. The molecule has 0 heterocycles. The van der Waals surface area contributed by atoms with Gasteiger partial charge in [0.2, 0.25) is 0 Å². The van der Waals surface area contributed by atoms with E-state index in [1.165, 1.54) is 0 Å². The average Bonchev–Trinajstić information content (AvgIpc) is 2.33. The second-order valence-corrected chi connectivity index (χ2v) is 4.00. The van der Waals surface area contributed by atoms with Gasteiger partial charge in [0.15, 0.2) is 6.61 Å². The molecule has 0 aliphatic heterocycles. The molecule has 1 amide bonds. The zero-order valence-corrected chi connectivity index (χ0v) is 10.4. The quantitative estimate of drug-likeness (QED) is 0.856. The van der Waals surface area contributed by atoms with Gasteiger partial charge >= 0.3 is 6.18 Å². The van der Waals surface area contributed by atoms with E-state index in [1.807, 2.05) is 6.92 Å². The maximum absolute atomic E-state index is 11.9. The number of alkyl halides is 3. The lowest BCUT2D eigenvalue weighted by molar-refractivity contribution is -0.139. The highest BCUT2D eigenvalue weighted by molar-refractivity contribution is 5.77. The van der Waals surface area contributed by atoms with Crippen LogP contribution in [-0.4, -0.2) is 25.2 Å². The number of rotatable bonds is 5. The number of carbonyl (C=O) groups is 1. The lowest BCUT2D eigenvalue weighted by Crippen LogP contribution is -2.36. The molecule has 0 spiro atoms. The molecule has 3 N–H and O–H groups in total. The van der Waals surface area contributed by atoms with Crippen molar-refractivity contribution in [3.63, 3.8) is 0 Å². The van der Waals surface area contributed by atoms with E-state index in [1.54, 1.807) is 23.5 Å². The van der Waals surface area contributed by atoms with Gasteiger partial charge in [-0.2, -0.15) is 13.2 Å². The molecule has 0 unspecified atom stereocenters. The number of carbonyl (C=O) groups excluding carboxylic acids is 1. The van der Waals surface area contributed by atoms with Crippen LogP contribution in [0.5, 0.6) is 5.75 Å². The third-order valence-corrected chi connectivity index (χ3v) is 2.28. The second-order valence-electron chi connectivity index (χ2n) is 4.00. The fraction of sp³-hybridized carbons (Fsp3) is 0.417. The summed E-state index contributed by atoms with van der Waals surface area (Å²) >= 11 is 0. The topological polar surface area (TPSA) is 64.3 Å². The molecule has 0 radical (unpaired) electrons. The van der Waals surface area contributed by atoms with Gasteiger partial charge in [0.05, 0.1) is 0 Å². The highest BCUT2D eigenvalue weighted by Crippen LogP contribution is 2.19. The normalized spacial score (nSPS) is 11.2. The Morgan fingerprint density at radius 1 is 1.42 bits per heavy atom. The minimum Gasteiger partial charge on any atom is -0.483 e. The van der Waals surface area contributed by atoms with Gasteiger partial charge in [0.1, 0.15) is 12.3 Å². The van der Waals surface area contributed by atoms with E-state index in [0.29, 0.717) is 11.3 Å². The summed E-state index contributed by atoms with van der Waals surface area (Å²) in [5, 5.41) is 1.72. The number of hydrogen-bond donors (Lipinski definition) is 2. The second kappa shape index (κ2) is 6.42. The first-order chi connectivity index (χ1) is 8.81. The van der Waals surface area contributed by atoms with Crippen molar-refractivity contribution in [1.29, 1.82) is 0 Å². The van der Waals surface area contributed by atoms with Gasteiger partial charge < -0.3 is 15.8 Å². The van der Waals surface area contributed by atoms with E-state index in [4.69, 9.17) is 10.5 Å². The van der Waals surface area contributed by atoms with Crippen molar-refractivity contribution in [2.75, 3.05) is 13.2 Å². The summed E-state index contributed by atoms with van der Waals surface area (Å²) in [6.45, 7) is 0.249. The fourth-order valence-electron chi connectivity index (χ4n) is 1.40. The third kappa shape index (κ3) is 5.60. The lowest BCUT2D eigenvalue weighted by atomic mass is 10.1. The molecule has 0 aromatic heterocycles. The number of ether oxygens (including phenoxy) is 1. The minimum absolute atomic E-state index is 0.223. The average molecular weight is 276 g/mol. The summed E-state index contributed by atoms with van der Waals surface area (Å²) in [4.78, 5) is 11.2. The van der Waals surface area contributed by atoms with Crippen molar-refractivity contribution in [3.05, 3.63) is 29.3 Å². The predicted molar refractivity (Wildman–Crippen MR) is 63.6 cm³/mol. The lowest BCUT2D eigenvalue weighted by Gasteiger charge is -2.12. The van der Waals surface area contributed by atoms with Crippen LogP contribution >= 0.6 is 0 Å². The molecular formula is C12H15F3N2O2. The van der Waals surface area contributed by atoms with E-state index >= 15 is 0 Å². The molecule has 0 atom stereocenters. The molecule has 0 saturated carbocycles. The molecule has 0 aliphatic carbocycles. The van der Waals surface area contributed by atoms with Crippen LogP contribution in [0.15, 0.2) is 18.2 Å². The van der Waals surface area contributed by atoms with Crippen molar-refractivity contribution in [1.82, 2.24) is 5.32 Å². The van der Waals surface area contributed by atoms with Crippen molar-refractivity contribution < 1.29 is 22.7 Å². The molecule has 4 nitrogen and oxygen atoms in total. The molecule has 0 fully saturated rings. The Hall–Kier alpha value is -1.76. The Morgan fingerprint density at radius 3 is 2.68 bits per heavy atom. The summed E-state index contributed by atoms with van der Waals surface area (Å²) in [6, 6.07) is 5.19. The first-order valence-electron chi connectivity index (χ1n) is 5.57. The van der Waals surface area contributed by atoms with Crippen LogP contribution in [0.2, 0.25) is 0 Å². The smallest absolute Gasteiger partial charge is 0.405 e. The van der Waals surface area contributed by atoms with Gasteiger partial charge in [-0.1, -0.05) is 17.7 Å². The molecule has 1 aromatic carbocycles. The highest BCUT2D eigenvalue weighted by atomic mass is 19.4. The Bertz CT molecular complexity index is 447. The Balaban J connectivity index is 2.50. The van der Waals surface area contributed by atoms with Crippen molar-refractivity contribution in [3.8, 4) is 5.75 Å². The van der Waals surface area contributed by atoms with Crippen LogP contribution in [0.1, 0.15) is 11.1 Å². The summed E-state index contributed by atoms with van der Waals surface area (Å²) in [7, 11) is 0. The standard InChI is InChI=1S/C12H15F3N2O2/c1-8-2-3-10(9(4-8)5-16)19-6-11(18)17-7-12(13,14)15/h2-4H,5-7,16H2,1H3,(H,17,18). The largest absolute Gasteiger partial charge is 0.483 e. The van der Waals surface area contributed by atoms with Crippen LogP contribution in [0.25, 0.3) is 0 Å².